The number of hydrogen-bond acceptors (Lipinski definition) is 4. The lowest BCUT2D eigenvalue weighted by Gasteiger charge is -2.30. The molecular weight excluding hydrogens is 216 g/mol. The van der Waals surface area contributed by atoms with Gasteiger partial charge >= 0.3 is 0 Å². The molecule has 1 atom stereocenters. The highest BCUT2D eigenvalue weighted by Gasteiger charge is 2.18. The lowest BCUT2D eigenvalue weighted by atomic mass is 10.00. The zero-order chi connectivity index (χ0) is 12.7. The Kier molecular flexibility index (Phi) is 7.04. The van der Waals surface area contributed by atoms with Gasteiger partial charge in [0.1, 0.15) is 0 Å². The Morgan fingerprint density at radius 3 is 2.53 bits per heavy atom. The van der Waals surface area contributed by atoms with Gasteiger partial charge in [-0.1, -0.05) is 13.8 Å². The Bertz CT molecular complexity index is 194. The summed E-state index contributed by atoms with van der Waals surface area (Å²) in [7, 11) is 2.14. The van der Waals surface area contributed by atoms with Crippen LogP contribution in [0.1, 0.15) is 26.7 Å². The summed E-state index contributed by atoms with van der Waals surface area (Å²) in [5.74, 6) is 0.757. The minimum Gasteiger partial charge on any atom is -0.395 e. The fraction of sp³-hybridized carbons (Fsp3) is 1.00. The van der Waals surface area contributed by atoms with Crippen LogP contribution in [-0.2, 0) is 4.74 Å². The predicted molar refractivity (Wildman–Crippen MR) is 70.2 cm³/mol. The maximum absolute atomic E-state index is 9.32. The molecule has 1 aliphatic heterocycles. The largest absolute Gasteiger partial charge is 0.395 e. The molecule has 0 aromatic heterocycles. The first kappa shape index (κ1) is 14.9. The summed E-state index contributed by atoms with van der Waals surface area (Å²) in [5.41, 5.74) is 0. The number of nitrogens with zero attached hydrogens (tertiary/aromatic N) is 1. The maximum Gasteiger partial charge on any atom is 0.0597 e. The van der Waals surface area contributed by atoms with Gasteiger partial charge in [-0.05, 0) is 25.8 Å². The van der Waals surface area contributed by atoms with E-state index in [1.807, 2.05) is 0 Å². The van der Waals surface area contributed by atoms with E-state index in [2.05, 4.69) is 31.1 Å². The first-order valence-electron chi connectivity index (χ1n) is 6.75. The molecule has 1 heterocycles. The Hall–Kier alpha value is -0.160. The molecule has 1 aliphatic rings. The van der Waals surface area contributed by atoms with Crippen LogP contribution in [-0.4, -0.2) is 62.0 Å². The second-order valence-corrected chi connectivity index (χ2v) is 5.48. The van der Waals surface area contributed by atoms with Crippen molar-refractivity contribution in [1.82, 2.24) is 10.2 Å². The zero-order valence-corrected chi connectivity index (χ0v) is 11.5. The molecule has 1 unspecified atom stereocenters. The van der Waals surface area contributed by atoms with Crippen molar-refractivity contribution >= 4 is 0 Å². The molecule has 0 radical (unpaired) electrons. The third-order valence-corrected chi connectivity index (χ3v) is 3.23. The van der Waals surface area contributed by atoms with E-state index in [-0.39, 0.29) is 12.6 Å². The van der Waals surface area contributed by atoms with Gasteiger partial charge in [0.15, 0.2) is 0 Å². The van der Waals surface area contributed by atoms with Crippen molar-refractivity contribution in [3.05, 3.63) is 0 Å². The molecule has 0 bridgehead atoms. The third kappa shape index (κ3) is 6.36. The highest BCUT2D eigenvalue weighted by atomic mass is 16.5. The molecule has 0 spiro atoms. The Morgan fingerprint density at radius 1 is 1.35 bits per heavy atom. The average molecular weight is 244 g/mol. The Balaban J connectivity index is 2.23. The Morgan fingerprint density at radius 2 is 2.00 bits per heavy atom. The van der Waals surface area contributed by atoms with Crippen LogP contribution in [0.4, 0.5) is 0 Å². The number of nitrogens with one attached hydrogen (secondary N) is 1. The number of aliphatic hydroxyl groups is 1. The van der Waals surface area contributed by atoms with Crippen LogP contribution in [0.25, 0.3) is 0 Å². The fourth-order valence-electron chi connectivity index (χ4n) is 2.46. The van der Waals surface area contributed by atoms with Crippen molar-refractivity contribution < 1.29 is 9.84 Å². The lowest BCUT2D eigenvalue weighted by molar-refractivity contribution is 0.0534. The molecule has 1 rings (SSSR count). The molecule has 17 heavy (non-hydrogen) atoms. The molecule has 0 saturated carbocycles. The van der Waals surface area contributed by atoms with Crippen molar-refractivity contribution in [2.45, 2.75) is 38.8 Å². The topological polar surface area (TPSA) is 44.7 Å². The minimum absolute atomic E-state index is 0.180. The van der Waals surface area contributed by atoms with Gasteiger partial charge in [0.25, 0.3) is 0 Å². The van der Waals surface area contributed by atoms with Crippen molar-refractivity contribution in [3.63, 3.8) is 0 Å². The molecule has 1 saturated heterocycles. The third-order valence-electron chi connectivity index (χ3n) is 3.23. The van der Waals surface area contributed by atoms with Gasteiger partial charge in [0.05, 0.1) is 6.61 Å². The number of ether oxygens (including phenoxy) is 1. The predicted octanol–water partition coefficient (Wildman–Crippen LogP) is 0.704. The summed E-state index contributed by atoms with van der Waals surface area (Å²) in [6.45, 7) is 8.27. The van der Waals surface area contributed by atoms with Crippen LogP contribution in [0.3, 0.4) is 0 Å². The summed E-state index contributed by atoms with van der Waals surface area (Å²) < 4.78 is 5.37. The van der Waals surface area contributed by atoms with Gasteiger partial charge in [-0.2, -0.15) is 0 Å². The van der Waals surface area contributed by atoms with Gasteiger partial charge in [-0.25, -0.2) is 0 Å². The van der Waals surface area contributed by atoms with Crippen LogP contribution in [0.5, 0.6) is 0 Å². The van der Waals surface area contributed by atoms with E-state index in [9.17, 15) is 5.11 Å². The summed E-state index contributed by atoms with van der Waals surface area (Å²) in [6, 6.07) is 0.600. The van der Waals surface area contributed by atoms with Crippen LogP contribution < -0.4 is 5.32 Å². The molecule has 1 fully saturated rings. The summed E-state index contributed by atoms with van der Waals surface area (Å²) in [5, 5.41) is 12.7. The number of aliphatic hydroxyl groups excluding tert-OH is 1. The molecule has 4 nitrogen and oxygen atoms in total. The highest BCUT2D eigenvalue weighted by Crippen LogP contribution is 2.15. The van der Waals surface area contributed by atoms with Crippen molar-refractivity contribution in [3.8, 4) is 0 Å². The first-order chi connectivity index (χ1) is 8.11. The summed E-state index contributed by atoms with van der Waals surface area (Å²) in [4.78, 5) is 2.33. The molecule has 0 aliphatic carbocycles. The number of hydrogen-bond donors (Lipinski definition) is 2. The average Bonchev–Trinajstić information content (AvgIpc) is 2.28. The SMILES string of the molecule is CC(C)NC(CO)CN(C)CC1CCOCC1. The molecule has 2 N–H and O–H groups in total. The lowest BCUT2D eigenvalue weighted by Crippen LogP contribution is -2.46. The zero-order valence-electron chi connectivity index (χ0n) is 11.5. The van der Waals surface area contributed by atoms with E-state index in [0.717, 1.165) is 32.2 Å². The quantitative estimate of drug-likeness (QED) is 0.692. The molecule has 102 valence electrons. The summed E-state index contributed by atoms with van der Waals surface area (Å²) >= 11 is 0. The molecular formula is C13H28N2O2. The van der Waals surface area contributed by atoms with E-state index in [0.29, 0.717) is 6.04 Å². The molecule has 0 aromatic rings. The highest BCUT2D eigenvalue weighted by molar-refractivity contribution is 4.74. The molecule has 0 aromatic carbocycles. The van der Waals surface area contributed by atoms with Gasteiger partial charge in [0.2, 0.25) is 0 Å². The monoisotopic (exact) mass is 244 g/mol. The molecule has 4 heteroatoms. The Labute approximate surface area is 105 Å². The minimum atomic E-state index is 0.180. The summed E-state index contributed by atoms with van der Waals surface area (Å²) in [6.07, 6.45) is 2.34. The van der Waals surface area contributed by atoms with E-state index in [4.69, 9.17) is 4.74 Å². The van der Waals surface area contributed by atoms with Gasteiger partial charge in [-0.15, -0.1) is 0 Å². The second kappa shape index (κ2) is 8.03. The van der Waals surface area contributed by atoms with Gasteiger partial charge in [-0.3, -0.25) is 0 Å². The van der Waals surface area contributed by atoms with E-state index >= 15 is 0 Å². The second-order valence-electron chi connectivity index (χ2n) is 5.48. The normalized spacial score (nSPS) is 20.1. The standard InChI is InChI=1S/C13H28N2O2/c1-11(2)14-13(10-16)9-15(3)8-12-4-6-17-7-5-12/h11-14,16H,4-10H2,1-3H3. The fourth-order valence-corrected chi connectivity index (χ4v) is 2.46. The van der Waals surface area contributed by atoms with Crippen molar-refractivity contribution in [2.24, 2.45) is 5.92 Å². The smallest absolute Gasteiger partial charge is 0.0597 e. The molecule has 0 amide bonds. The van der Waals surface area contributed by atoms with E-state index in [1.165, 1.54) is 12.8 Å². The number of rotatable bonds is 7. The van der Waals surface area contributed by atoms with Gasteiger partial charge < -0.3 is 20.1 Å². The van der Waals surface area contributed by atoms with Crippen LogP contribution in [0.15, 0.2) is 0 Å². The van der Waals surface area contributed by atoms with E-state index < -0.39 is 0 Å². The van der Waals surface area contributed by atoms with Gasteiger partial charge in [0, 0.05) is 38.4 Å². The first-order valence-corrected chi connectivity index (χ1v) is 6.75. The van der Waals surface area contributed by atoms with Crippen molar-refractivity contribution in [1.29, 1.82) is 0 Å². The van der Waals surface area contributed by atoms with Crippen LogP contribution >= 0.6 is 0 Å². The van der Waals surface area contributed by atoms with Crippen LogP contribution in [0, 0.1) is 5.92 Å². The maximum atomic E-state index is 9.32. The number of likely N-dealkylation sites (N-methyl/N-ethyl adjacent to an activating group) is 1. The van der Waals surface area contributed by atoms with Crippen molar-refractivity contribution in [2.75, 3.05) is 40.0 Å². The van der Waals surface area contributed by atoms with E-state index in [1.54, 1.807) is 0 Å². The van der Waals surface area contributed by atoms with Crippen LogP contribution in [0.2, 0.25) is 0 Å².